The molecule has 8 heteroatoms. The van der Waals surface area contributed by atoms with E-state index in [4.69, 9.17) is 20.8 Å². The van der Waals surface area contributed by atoms with Crippen LogP contribution in [0.25, 0.3) is 11.3 Å². The molecule has 1 aromatic carbocycles. The molecule has 0 atom stereocenters. The molecule has 0 aliphatic heterocycles. The number of nitrogens with zero attached hydrogens (tertiary/aromatic N) is 2. The number of amides is 1. The van der Waals surface area contributed by atoms with Crippen molar-refractivity contribution in [1.82, 2.24) is 10.2 Å². The lowest BCUT2D eigenvalue weighted by molar-refractivity contribution is 0.0997. The summed E-state index contributed by atoms with van der Waals surface area (Å²) >= 11 is 7.36. The molecule has 0 fully saturated rings. The van der Waals surface area contributed by atoms with Gasteiger partial charge in [-0.2, -0.15) is 0 Å². The van der Waals surface area contributed by atoms with Gasteiger partial charge in [-0.25, -0.2) is 0 Å². The molecule has 0 bridgehead atoms. The van der Waals surface area contributed by atoms with Gasteiger partial charge in [-0.3, -0.25) is 10.1 Å². The van der Waals surface area contributed by atoms with Crippen LogP contribution in [0.3, 0.4) is 0 Å². The summed E-state index contributed by atoms with van der Waals surface area (Å²) in [6, 6.07) is 10.6. The third-order valence-corrected chi connectivity index (χ3v) is 4.07. The first kappa shape index (κ1) is 15.7. The third kappa shape index (κ3) is 3.58. The van der Waals surface area contributed by atoms with Crippen LogP contribution in [-0.2, 0) is 11.3 Å². The molecule has 3 rings (SSSR count). The monoisotopic (exact) mass is 349 g/mol. The zero-order valence-electron chi connectivity index (χ0n) is 12.1. The van der Waals surface area contributed by atoms with Crippen LogP contribution in [0.1, 0.15) is 15.6 Å². The Hall–Kier alpha value is -2.22. The maximum absolute atomic E-state index is 12.2. The van der Waals surface area contributed by atoms with Crippen molar-refractivity contribution < 1.29 is 13.9 Å². The highest BCUT2D eigenvalue weighted by atomic mass is 35.5. The molecule has 2 aromatic heterocycles. The second-order valence-corrected chi connectivity index (χ2v) is 6.00. The highest BCUT2D eigenvalue weighted by Gasteiger charge is 2.15. The predicted octanol–water partition coefficient (Wildman–Crippen LogP) is 3.85. The van der Waals surface area contributed by atoms with E-state index in [9.17, 15) is 4.79 Å². The van der Waals surface area contributed by atoms with Gasteiger partial charge in [0.2, 0.25) is 5.13 Å². The van der Waals surface area contributed by atoms with Crippen molar-refractivity contribution in [2.75, 3.05) is 12.4 Å². The number of carbonyl (C=O) groups excluding carboxylic acids is 1. The van der Waals surface area contributed by atoms with Crippen LogP contribution in [0.4, 0.5) is 5.13 Å². The van der Waals surface area contributed by atoms with Gasteiger partial charge in [0, 0.05) is 12.7 Å². The van der Waals surface area contributed by atoms with Crippen LogP contribution < -0.4 is 5.32 Å². The first-order chi connectivity index (χ1) is 11.2. The van der Waals surface area contributed by atoms with E-state index in [1.165, 1.54) is 11.3 Å². The van der Waals surface area contributed by atoms with E-state index >= 15 is 0 Å². The molecule has 1 amide bonds. The first-order valence-electron chi connectivity index (χ1n) is 6.65. The molecular weight excluding hydrogens is 338 g/mol. The summed E-state index contributed by atoms with van der Waals surface area (Å²) < 4.78 is 10.5. The van der Waals surface area contributed by atoms with Crippen LogP contribution in [0.5, 0.6) is 0 Å². The number of ether oxygens (including phenoxy) is 1. The standard InChI is InChI=1S/C15H12ClN3O3S/c1-21-8-13-18-19-15(23-13)17-14(20)12-7-6-11(22-12)9-4-2-3-5-10(9)16/h2-7H,8H2,1H3,(H,17,19,20). The van der Waals surface area contributed by atoms with E-state index in [-0.39, 0.29) is 5.76 Å². The number of aromatic nitrogens is 2. The Morgan fingerprint density at radius 1 is 1.30 bits per heavy atom. The SMILES string of the molecule is COCc1nnc(NC(=O)c2ccc(-c3ccccc3Cl)o2)s1. The van der Waals surface area contributed by atoms with Crippen molar-refractivity contribution in [3.05, 3.63) is 52.2 Å². The number of carbonyl (C=O) groups is 1. The van der Waals surface area contributed by atoms with Gasteiger partial charge >= 0.3 is 0 Å². The Morgan fingerprint density at radius 3 is 2.91 bits per heavy atom. The minimum atomic E-state index is -0.400. The number of methoxy groups -OCH3 is 1. The Morgan fingerprint density at radius 2 is 2.13 bits per heavy atom. The fraction of sp³-hybridized carbons (Fsp3) is 0.133. The molecule has 0 aliphatic carbocycles. The van der Waals surface area contributed by atoms with Crippen molar-refractivity contribution in [3.63, 3.8) is 0 Å². The smallest absolute Gasteiger partial charge is 0.293 e. The highest BCUT2D eigenvalue weighted by molar-refractivity contribution is 7.15. The zero-order chi connectivity index (χ0) is 16.2. The van der Waals surface area contributed by atoms with Gasteiger partial charge in [0.05, 0.1) is 5.02 Å². The van der Waals surface area contributed by atoms with Crippen molar-refractivity contribution >= 4 is 34.0 Å². The predicted molar refractivity (Wildman–Crippen MR) is 87.7 cm³/mol. The molecule has 3 aromatic rings. The van der Waals surface area contributed by atoms with Crippen LogP contribution in [0.15, 0.2) is 40.8 Å². The molecule has 0 spiro atoms. The maximum Gasteiger partial charge on any atom is 0.293 e. The summed E-state index contributed by atoms with van der Waals surface area (Å²) in [6.45, 7) is 0.352. The van der Waals surface area contributed by atoms with Crippen LogP contribution in [-0.4, -0.2) is 23.2 Å². The maximum atomic E-state index is 12.2. The second kappa shape index (κ2) is 6.91. The molecule has 0 unspecified atom stereocenters. The van der Waals surface area contributed by atoms with Crippen molar-refractivity contribution in [3.8, 4) is 11.3 Å². The summed E-state index contributed by atoms with van der Waals surface area (Å²) in [5.41, 5.74) is 0.728. The highest BCUT2D eigenvalue weighted by Crippen LogP contribution is 2.29. The van der Waals surface area contributed by atoms with Gasteiger partial charge in [0.1, 0.15) is 17.4 Å². The molecule has 0 aliphatic rings. The molecular formula is C15H12ClN3O3S. The Kier molecular flexibility index (Phi) is 4.71. The van der Waals surface area contributed by atoms with Gasteiger partial charge in [-0.15, -0.1) is 10.2 Å². The summed E-state index contributed by atoms with van der Waals surface area (Å²) in [4.78, 5) is 12.2. The number of benzene rings is 1. The first-order valence-corrected chi connectivity index (χ1v) is 7.84. The van der Waals surface area contributed by atoms with Gasteiger partial charge in [-0.05, 0) is 24.3 Å². The minimum absolute atomic E-state index is 0.170. The Bertz CT molecular complexity index is 831. The quantitative estimate of drug-likeness (QED) is 0.757. The summed E-state index contributed by atoms with van der Waals surface area (Å²) in [5, 5.41) is 12.0. The summed E-state index contributed by atoms with van der Waals surface area (Å²) in [5.74, 6) is 0.296. The van der Waals surface area contributed by atoms with Crippen molar-refractivity contribution in [1.29, 1.82) is 0 Å². The lowest BCUT2D eigenvalue weighted by atomic mass is 10.2. The van der Waals surface area contributed by atoms with Crippen LogP contribution in [0.2, 0.25) is 5.02 Å². The van der Waals surface area contributed by atoms with Gasteiger partial charge in [0.25, 0.3) is 5.91 Å². The average Bonchev–Trinajstić information content (AvgIpc) is 3.18. The number of halogens is 1. The fourth-order valence-electron chi connectivity index (χ4n) is 1.91. The van der Waals surface area contributed by atoms with E-state index < -0.39 is 5.91 Å². The molecule has 23 heavy (non-hydrogen) atoms. The van der Waals surface area contributed by atoms with Gasteiger partial charge in [-0.1, -0.05) is 35.1 Å². The van der Waals surface area contributed by atoms with E-state index in [0.717, 1.165) is 5.56 Å². The molecule has 6 nitrogen and oxygen atoms in total. The minimum Gasteiger partial charge on any atom is -0.451 e. The lowest BCUT2D eigenvalue weighted by Crippen LogP contribution is -2.10. The summed E-state index contributed by atoms with van der Waals surface area (Å²) in [6.07, 6.45) is 0. The second-order valence-electron chi connectivity index (χ2n) is 4.53. The molecule has 118 valence electrons. The van der Waals surface area contributed by atoms with Crippen LogP contribution >= 0.6 is 22.9 Å². The molecule has 1 N–H and O–H groups in total. The van der Waals surface area contributed by atoms with Gasteiger partial charge < -0.3 is 9.15 Å². The van der Waals surface area contributed by atoms with E-state index in [1.54, 1.807) is 25.3 Å². The van der Waals surface area contributed by atoms with E-state index in [0.29, 0.717) is 27.5 Å². The van der Waals surface area contributed by atoms with E-state index in [2.05, 4.69) is 15.5 Å². The molecule has 2 heterocycles. The van der Waals surface area contributed by atoms with Crippen LogP contribution in [0, 0.1) is 0 Å². The lowest BCUT2D eigenvalue weighted by Gasteiger charge is -2.00. The molecule has 0 saturated carbocycles. The van der Waals surface area contributed by atoms with Crippen molar-refractivity contribution in [2.45, 2.75) is 6.61 Å². The number of nitrogens with one attached hydrogen (secondary N) is 1. The fourth-order valence-corrected chi connectivity index (χ4v) is 2.85. The number of furan rings is 1. The number of rotatable bonds is 5. The zero-order valence-corrected chi connectivity index (χ0v) is 13.6. The van der Waals surface area contributed by atoms with E-state index in [1.807, 2.05) is 18.2 Å². The number of hydrogen-bond donors (Lipinski definition) is 1. The average molecular weight is 350 g/mol. The van der Waals surface area contributed by atoms with Gasteiger partial charge in [0.15, 0.2) is 5.76 Å². The third-order valence-electron chi connectivity index (χ3n) is 2.92. The molecule has 0 saturated heterocycles. The number of hydrogen-bond acceptors (Lipinski definition) is 6. The number of anilines is 1. The normalized spacial score (nSPS) is 10.7. The molecule has 0 radical (unpaired) electrons. The topological polar surface area (TPSA) is 77.3 Å². The Labute approximate surface area is 141 Å². The van der Waals surface area contributed by atoms with Crippen molar-refractivity contribution in [2.24, 2.45) is 0 Å². The summed E-state index contributed by atoms with van der Waals surface area (Å²) in [7, 11) is 1.57. The largest absolute Gasteiger partial charge is 0.451 e. The Balaban J connectivity index is 1.74.